The number of aryl methyl sites for hydroxylation is 1. The molecule has 4 nitrogen and oxygen atoms in total. The molecule has 0 aliphatic carbocycles. The van der Waals surface area contributed by atoms with Crippen LogP contribution in [-0.2, 0) is 9.84 Å². The lowest BCUT2D eigenvalue weighted by Crippen LogP contribution is -2.17. The van der Waals surface area contributed by atoms with Gasteiger partial charge in [-0.25, -0.2) is 8.42 Å². The van der Waals surface area contributed by atoms with E-state index in [0.717, 1.165) is 5.56 Å². The quantitative estimate of drug-likeness (QED) is 0.797. The highest BCUT2D eigenvalue weighted by Crippen LogP contribution is 2.20. The predicted octanol–water partition coefficient (Wildman–Crippen LogP) is 2.66. The number of sulfone groups is 1. The molecule has 0 aliphatic rings. The molecule has 0 saturated heterocycles. The van der Waals surface area contributed by atoms with E-state index in [9.17, 15) is 13.2 Å². The van der Waals surface area contributed by atoms with E-state index in [4.69, 9.17) is 4.74 Å². The first-order valence-electron chi connectivity index (χ1n) is 6.39. The molecule has 0 spiro atoms. The van der Waals surface area contributed by atoms with Crippen LogP contribution in [0.3, 0.4) is 0 Å². The Bertz CT molecular complexity index is 763. The molecule has 0 amide bonds. The molecule has 5 heteroatoms. The molecule has 0 aromatic heterocycles. The molecule has 0 radical (unpaired) electrons. The zero-order valence-electron chi connectivity index (χ0n) is 11.9. The molecule has 0 saturated carbocycles. The van der Waals surface area contributed by atoms with Crippen molar-refractivity contribution < 1.29 is 17.9 Å². The van der Waals surface area contributed by atoms with Crippen molar-refractivity contribution in [3.05, 3.63) is 59.7 Å². The summed E-state index contributed by atoms with van der Waals surface area (Å²) in [7, 11) is -2.21. The molecule has 2 aromatic rings. The van der Waals surface area contributed by atoms with Gasteiger partial charge in [-0.3, -0.25) is 4.79 Å². The zero-order valence-corrected chi connectivity index (χ0v) is 12.7. The number of para-hydroxylation sites is 1. The lowest BCUT2D eigenvalue weighted by Gasteiger charge is -2.08. The number of hydrogen-bond donors (Lipinski definition) is 0. The van der Waals surface area contributed by atoms with Crippen molar-refractivity contribution in [2.75, 3.05) is 12.9 Å². The van der Waals surface area contributed by atoms with Gasteiger partial charge in [0.05, 0.1) is 17.6 Å². The summed E-state index contributed by atoms with van der Waals surface area (Å²) in [4.78, 5) is 12.4. The maximum absolute atomic E-state index is 12.3. The standard InChI is InChI=1S/C16H16O4S/c1-12-6-5-7-13(10-12)21(18,19)11-15(17)14-8-3-4-9-16(14)20-2/h3-10H,11H2,1-2H3. The molecule has 21 heavy (non-hydrogen) atoms. The lowest BCUT2D eigenvalue weighted by atomic mass is 10.1. The molecule has 2 aromatic carbocycles. The van der Waals surface area contributed by atoms with E-state index in [-0.39, 0.29) is 10.5 Å². The normalized spacial score (nSPS) is 11.1. The van der Waals surface area contributed by atoms with Crippen molar-refractivity contribution in [2.45, 2.75) is 11.8 Å². The Kier molecular flexibility index (Phi) is 4.43. The van der Waals surface area contributed by atoms with Crippen LogP contribution in [0.1, 0.15) is 15.9 Å². The number of methoxy groups -OCH3 is 1. The average Bonchev–Trinajstić information content (AvgIpc) is 2.46. The van der Waals surface area contributed by atoms with Crippen LogP contribution in [0.5, 0.6) is 5.75 Å². The van der Waals surface area contributed by atoms with Gasteiger partial charge < -0.3 is 4.74 Å². The van der Waals surface area contributed by atoms with Crippen molar-refractivity contribution in [1.29, 1.82) is 0 Å². The van der Waals surface area contributed by atoms with Crippen molar-refractivity contribution in [3.63, 3.8) is 0 Å². The largest absolute Gasteiger partial charge is 0.496 e. The van der Waals surface area contributed by atoms with Crippen molar-refractivity contribution in [3.8, 4) is 5.75 Å². The summed E-state index contributed by atoms with van der Waals surface area (Å²) in [5.74, 6) is -0.674. The first-order valence-corrected chi connectivity index (χ1v) is 8.05. The van der Waals surface area contributed by atoms with Gasteiger partial charge in [-0.2, -0.15) is 0 Å². The van der Waals surface area contributed by atoms with E-state index in [0.29, 0.717) is 5.75 Å². The number of Topliss-reactive ketones (excluding diaryl/α,β-unsaturated/α-hetero) is 1. The molecular weight excluding hydrogens is 288 g/mol. The highest BCUT2D eigenvalue weighted by atomic mass is 32.2. The Labute approximate surface area is 124 Å². The lowest BCUT2D eigenvalue weighted by molar-refractivity contribution is 0.101. The minimum atomic E-state index is -3.66. The van der Waals surface area contributed by atoms with Gasteiger partial charge >= 0.3 is 0 Å². The number of hydrogen-bond acceptors (Lipinski definition) is 4. The number of ether oxygens (including phenoxy) is 1. The van der Waals surface area contributed by atoms with E-state index in [1.54, 1.807) is 49.4 Å². The topological polar surface area (TPSA) is 60.4 Å². The molecule has 0 fully saturated rings. The van der Waals surface area contributed by atoms with Crippen LogP contribution in [0, 0.1) is 6.92 Å². The van der Waals surface area contributed by atoms with Crippen LogP contribution in [0.2, 0.25) is 0 Å². The summed E-state index contributed by atoms with van der Waals surface area (Å²) in [6.07, 6.45) is 0. The molecule has 0 atom stereocenters. The van der Waals surface area contributed by atoms with Crippen LogP contribution >= 0.6 is 0 Å². The summed E-state index contributed by atoms with van der Waals surface area (Å²) in [6, 6.07) is 13.1. The van der Waals surface area contributed by atoms with Gasteiger partial charge in [0.15, 0.2) is 15.6 Å². The summed E-state index contributed by atoms with van der Waals surface area (Å²) < 4.78 is 29.7. The van der Waals surface area contributed by atoms with Gasteiger partial charge in [-0.05, 0) is 36.8 Å². The van der Waals surface area contributed by atoms with Crippen LogP contribution in [0.15, 0.2) is 53.4 Å². The maximum Gasteiger partial charge on any atom is 0.185 e. The van der Waals surface area contributed by atoms with Crippen LogP contribution in [0.4, 0.5) is 0 Å². The molecule has 0 N–H and O–H groups in total. The minimum Gasteiger partial charge on any atom is -0.496 e. The molecule has 0 bridgehead atoms. The first-order chi connectivity index (χ1) is 9.94. The third kappa shape index (κ3) is 3.49. The molecule has 0 unspecified atom stereocenters. The van der Waals surface area contributed by atoms with Crippen LogP contribution in [0.25, 0.3) is 0 Å². The molecule has 0 aliphatic heterocycles. The third-order valence-electron chi connectivity index (χ3n) is 3.08. The Balaban J connectivity index is 2.30. The molecule has 110 valence electrons. The zero-order chi connectivity index (χ0) is 15.5. The highest BCUT2D eigenvalue weighted by molar-refractivity contribution is 7.92. The smallest absolute Gasteiger partial charge is 0.185 e. The van der Waals surface area contributed by atoms with E-state index < -0.39 is 21.4 Å². The van der Waals surface area contributed by atoms with Gasteiger partial charge in [0.1, 0.15) is 11.5 Å². The highest BCUT2D eigenvalue weighted by Gasteiger charge is 2.22. The summed E-state index contributed by atoms with van der Waals surface area (Å²) in [5.41, 5.74) is 1.11. The number of carbonyl (C=O) groups is 1. The second-order valence-corrected chi connectivity index (χ2v) is 6.69. The maximum atomic E-state index is 12.3. The van der Waals surface area contributed by atoms with E-state index in [1.165, 1.54) is 13.2 Å². The van der Waals surface area contributed by atoms with Gasteiger partial charge in [-0.15, -0.1) is 0 Å². The fourth-order valence-electron chi connectivity index (χ4n) is 2.02. The van der Waals surface area contributed by atoms with Crippen molar-refractivity contribution in [1.82, 2.24) is 0 Å². The number of carbonyl (C=O) groups excluding carboxylic acids is 1. The van der Waals surface area contributed by atoms with E-state index >= 15 is 0 Å². The first kappa shape index (κ1) is 15.3. The Morgan fingerprint density at radius 3 is 2.48 bits per heavy atom. The minimum absolute atomic E-state index is 0.158. The SMILES string of the molecule is COc1ccccc1C(=O)CS(=O)(=O)c1cccc(C)c1. The second-order valence-electron chi connectivity index (χ2n) is 4.70. The molecule has 0 heterocycles. The predicted molar refractivity (Wildman–Crippen MR) is 80.6 cm³/mol. The Morgan fingerprint density at radius 1 is 1.10 bits per heavy atom. The van der Waals surface area contributed by atoms with Crippen molar-refractivity contribution >= 4 is 15.6 Å². The average molecular weight is 304 g/mol. The summed E-state index contributed by atoms with van der Waals surface area (Å²) in [5, 5.41) is 0. The Hall–Kier alpha value is -2.14. The third-order valence-corrected chi connectivity index (χ3v) is 4.69. The monoisotopic (exact) mass is 304 g/mol. The fraction of sp³-hybridized carbons (Fsp3) is 0.188. The van der Waals surface area contributed by atoms with Crippen LogP contribution in [-0.4, -0.2) is 27.1 Å². The second kappa shape index (κ2) is 6.10. The van der Waals surface area contributed by atoms with E-state index in [1.807, 2.05) is 0 Å². The molecular formula is C16H16O4S. The summed E-state index contributed by atoms with van der Waals surface area (Å²) in [6.45, 7) is 1.81. The number of rotatable bonds is 5. The number of benzene rings is 2. The van der Waals surface area contributed by atoms with Gasteiger partial charge in [-0.1, -0.05) is 24.3 Å². The van der Waals surface area contributed by atoms with Gasteiger partial charge in [0, 0.05) is 0 Å². The van der Waals surface area contributed by atoms with Crippen LogP contribution < -0.4 is 4.74 Å². The van der Waals surface area contributed by atoms with Crippen molar-refractivity contribution in [2.24, 2.45) is 0 Å². The number of ketones is 1. The Morgan fingerprint density at radius 2 is 1.81 bits per heavy atom. The molecule has 2 rings (SSSR count). The van der Waals surface area contributed by atoms with Gasteiger partial charge in [0.2, 0.25) is 0 Å². The fourth-order valence-corrected chi connectivity index (χ4v) is 3.34. The summed E-state index contributed by atoms with van der Waals surface area (Å²) >= 11 is 0. The van der Waals surface area contributed by atoms with E-state index in [2.05, 4.69) is 0 Å². The van der Waals surface area contributed by atoms with Gasteiger partial charge in [0.25, 0.3) is 0 Å².